The van der Waals surface area contributed by atoms with Gasteiger partial charge in [0.1, 0.15) is 0 Å². The Morgan fingerprint density at radius 3 is 2.38 bits per heavy atom. The molecule has 2 unspecified atom stereocenters. The molecule has 0 aromatic heterocycles. The monoisotopic (exact) mass is 294 g/mol. The maximum absolute atomic E-state index is 12.4. The van der Waals surface area contributed by atoms with Crippen LogP contribution in [0.1, 0.15) is 40.9 Å². The standard InChI is InChI=1S/C15H22N2O4/c1-8-6-9(2)14(17(20)21)11(4)13(8)15(19)16-12(5)10(3)7-18/h6,10,12,18H,7H2,1-5H3,(H,16,19). The molecule has 0 aliphatic carbocycles. The first-order chi connectivity index (χ1) is 9.70. The number of aliphatic hydroxyl groups is 1. The number of amides is 1. The van der Waals surface area contributed by atoms with Gasteiger partial charge in [-0.1, -0.05) is 6.92 Å². The summed E-state index contributed by atoms with van der Waals surface area (Å²) >= 11 is 0. The maximum Gasteiger partial charge on any atom is 0.275 e. The number of carbonyl (C=O) groups excluding carboxylic acids is 1. The van der Waals surface area contributed by atoms with Gasteiger partial charge in [-0.3, -0.25) is 14.9 Å². The second kappa shape index (κ2) is 6.67. The molecule has 2 N–H and O–H groups in total. The van der Waals surface area contributed by atoms with Crippen LogP contribution in [0.25, 0.3) is 0 Å². The first-order valence-corrected chi connectivity index (χ1v) is 6.87. The predicted octanol–water partition coefficient (Wildman–Crippen LogP) is 2.27. The van der Waals surface area contributed by atoms with Crippen molar-refractivity contribution in [3.63, 3.8) is 0 Å². The molecule has 1 aromatic carbocycles. The molecular weight excluding hydrogens is 272 g/mol. The summed E-state index contributed by atoms with van der Waals surface area (Å²) in [4.78, 5) is 23.1. The van der Waals surface area contributed by atoms with Crippen LogP contribution >= 0.6 is 0 Å². The Morgan fingerprint density at radius 1 is 1.33 bits per heavy atom. The van der Waals surface area contributed by atoms with E-state index < -0.39 is 4.92 Å². The Morgan fingerprint density at radius 2 is 1.90 bits per heavy atom. The topological polar surface area (TPSA) is 92.5 Å². The van der Waals surface area contributed by atoms with Crippen LogP contribution in [0.2, 0.25) is 0 Å². The molecule has 0 saturated carbocycles. The van der Waals surface area contributed by atoms with E-state index >= 15 is 0 Å². The molecule has 0 spiro atoms. The van der Waals surface area contributed by atoms with Crippen molar-refractivity contribution >= 4 is 11.6 Å². The summed E-state index contributed by atoms with van der Waals surface area (Å²) in [6, 6.07) is 1.43. The van der Waals surface area contributed by atoms with E-state index in [-0.39, 0.29) is 30.2 Å². The van der Waals surface area contributed by atoms with Crippen LogP contribution in [0, 0.1) is 36.8 Å². The van der Waals surface area contributed by atoms with Crippen molar-refractivity contribution < 1.29 is 14.8 Å². The van der Waals surface area contributed by atoms with Crippen molar-refractivity contribution in [3.05, 3.63) is 38.4 Å². The second-order valence-electron chi connectivity index (χ2n) is 5.54. The van der Waals surface area contributed by atoms with Gasteiger partial charge in [0.25, 0.3) is 11.6 Å². The van der Waals surface area contributed by atoms with Crippen LogP contribution in [-0.2, 0) is 0 Å². The molecule has 116 valence electrons. The van der Waals surface area contributed by atoms with Crippen molar-refractivity contribution in [2.45, 2.75) is 40.7 Å². The number of aliphatic hydroxyl groups excluding tert-OH is 1. The lowest BCUT2D eigenvalue weighted by Gasteiger charge is -2.20. The number of nitrogens with one attached hydrogen (secondary N) is 1. The normalized spacial score (nSPS) is 13.6. The highest BCUT2D eigenvalue weighted by atomic mass is 16.6. The largest absolute Gasteiger partial charge is 0.396 e. The van der Waals surface area contributed by atoms with Gasteiger partial charge >= 0.3 is 0 Å². The highest BCUT2D eigenvalue weighted by Crippen LogP contribution is 2.28. The summed E-state index contributed by atoms with van der Waals surface area (Å²) in [6.45, 7) is 8.60. The summed E-state index contributed by atoms with van der Waals surface area (Å²) in [5.41, 5.74) is 1.94. The number of hydrogen-bond acceptors (Lipinski definition) is 4. The first-order valence-electron chi connectivity index (χ1n) is 6.87. The lowest BCUT2D eigenvalue weighted by Crippen LogP contribution is -2.39. The molecule has 1 amide bonds. The SMILES string of the molecule is Cc1cc(C)c([N+](=O)[O-])c(C)c1C(=O)NC(C)C(C)CO. The minimum absolute atomic E-state index is 0.0198. The van der Waals surface area contributed by atoms with Gasteiger partial charge in [-0.2, -0.15) is 0 Å². The van der Waals surface area contributed by atoms with Crippen LogP contribution in [-0.4, -0.2) is 28.6 Å². The number of carbonyl (C=O) groups is 1. The Bertz CT molecular complexity index is 569. The zero-order chi connectivity index (χ0) is 16.3. The van der Waals surface area contributed by atoms with Gasteiger partial charge in [0.15, 0.2) is 0 Å². The first kappa shape index (κ1) is 17.1. The molecular formula is C15H22N2O4. The maximum atomic E-state index is 12.4. The van der Waals surface area contributed by atoms with Crippen molar-refractivity contribution in [2.24, 2.45) is 5.92 Å². The molecule has 0 fully saturated rings. The lowest BCUT2D eigenvalue weighted by atomic mass is 9.96. The van der Waals surface area contributed by atoms with Gasteiger partial charge in [-0.05, 0) is 45.2 Å². The van der Waals surface area contributed by atoms with E-state index in [4.69, 9.17) is 5.11 Å². The molecule has 2 atom stereocenters. The second-order valence-corrected chi connectivity index (χ2v) is 5.54. The third-order valence-corrected chi connectivity index (χ3v) is 3.84. The number of nitrogens with zero attached hydrogens (tertiary/aromatic N) is 1. The fourth-order valence-corrected chi connectivity index (χ4v) is 2.38. The van der Waals surface area contributed by atoms with E-state index in [0.29, 0.717) is 22.3 Å². The number of aryl methyl sites for hydroxylation is 2. The summed E-state index contributed by atoms with van der Waals surface area (Å²) in [5.74, 6) is -0.434. The molecule has 0 heterocycles. The van der Waals surface area contributed by atoms with E-state index in [2.05, 4.69) is 5.32 Å². The van der Waals surface area contributed by atoms with E-state index in [1.807, 2.05) is 6.92 Å². The quantitative estimate of drug-likeness (QED) is 0.643. The molecule has 21 heavy (non-hydrogen) atoms. The average Bonchev–Trinajstić information content (AvgIpc) is 2.36. The molecule has 0 aliphatic rings. The minimum atomic E-state index is -0.458. The van der Waals surface area contributed by atoms with Crippen LogP contribution in [0.5, 0.6) is 0 Å². The highest BCUT2D eigenvalue weighted by molar-refractivity contribution is 5.98. The summed E-state index contributed by atoms with van der Waals surface area (Å²) in [5, 5.41) is 23.0. The molecule has 1 aromatic rings. The molecule has 0 bridgehead atoms. The Hall–Kier alpha value is -1.95. The average molecular weight is 294 g/mol. The van der Waals surface area contributed by atoms with Crippen LogP contribution in [0.4, 0.5) is 5.69 Å². The molecule has 6 nitrogen and oxygen atoms in total. The van der Waals surface area contributed by atoms with E-state index in [0.717, 1.165) is 0 Å². The minimum Gasteiger partial charge on any atom is -0.396 e. The van der Waals surface area contributed by atoms with Crippen molar-refractivity contribution in [3.8, 4) is 0 Å². The van der Waals surface area contributed by atoms with Gasteiger partial charge in [0.2, 0.25) is 0 Å². The molecule has 0 aliphatic heterocycles. The van der Waals surface area contributed by atoms with Gasteiger partial charge < -0.3 is 10.4 Å². The third-order valence-electron chi connectivity index (χ3n) is 3.84. The lowest BCUT2D eigenvalue weighted by molar-refractivity contribution is -0.386. The molecule has 6 heteroatoms. The van der Waals surface area contributed by atoms with E-state index in [1.54, 1.807) is 33.8 Å². The molecule has 1 rings (SSSR count). The smallest absolute Gasteiger partial charge is 0.275 e. The molecule has 0 radical (unpaired) electrons. The number of nitro benzene ring substituents is 1. The van der Waals surface area contributed by atoms with E-state index in [9.17, 15) is 14.9 Å². The van der Waals surface area contributed by atoms with Crippen LogP contribution in [0.15, 0.2) is 6.07 Å². The van der Waals surface area contributed by atoms with Crippen LogP contribution < -0.4 is 5.32 Å². The number of hydrogen-bond donors (Lipinski definition) is 2. The number of benzene rings is 1. The predicted molar refractivity (Wildman–Crippen MR) is 80.5 cm³/mol. The zero-order valence-corrected chi connectivity index (χ0v) is 13.1. The van der Waals surface area contributed by atoms with Crippen molar-refractivity contribution in [2.75, 3.05) is 6.61 Å². The van der Waals surface area contributed by atoms with E-state index in [1.165, 1.54) is 0 Å². The van der Waals surface area contributed by atoms with Gasteiger partial charge in [-0.25, -0.2) is 0 Å². The number of rotatable bonds is 5. The van der Waals surface area contributed by atoms with Crippen molar-refractivity contribution in [1.29, 1.82) is 0 Å². The zero-order valence-electron chi connectivity index (χ0n) is 13.1. The third kappa shape index (κ3) is 3.58. The fraction of sp³-hybridized carbons (Fsp3) is 0.533. The van der Waals surface area contributed by atoms with Crippen LogP contribution in [0.3, 0.4) is 0 Å². The molecule has 0 saturated heterocycles. The Kier molecular flexibility index (Phi) is 5.43. The number of nitro groups is 1. The Labute approximate surface area is 124 Å². The summed E-state index contributed by atoms with van der Waals surface area (Å²) < 4.78 is 0. The van der Waals surface area contributed by atoms with Gasteiger partial charge in [0.05, 0.1) is 10.5 Å². The fourth-order valence-electron chi connectivity index (χ4n) is 2.38. The van der Waals surface area contributed by atoms with Gasteiger partial charge in [-0.15, -0.1) is 0 Å². The Balaban J connectivity index is 3.22. The summed E-state index contributed by atoms with van der Waals surface area (Å²) in [6.07, 6.45) is 0. The highest BCUT2D eigenvalue weighted by Gasteiger charge is 2.25. The summed E-state index contributed by atoms with van der Waals surface area (Å²) in [7, 11) is 0. The van der Waals surface area contributed by atoms with Gasteiger partial charge in [0, 0.05) is 23.8 Å². The van der Waals surface area contributed by atoms with Crippen molar-refractivity contribution in [1.82, 2.24) is 5.32 Å².